The molecule has 1 saturated heterocycles. The van der Waals surface area contributed by atoms with Crippen LogP contribution in [-0.2, 0) is 9.47 Å². The second kappa shape index (κ2) is 7.63. The smallest absolute Gasteiger partial charge is 0.0661 e. The van der Waals surface area contributed by atoms with Crippen LogP contribution in [0.5, 0.6) is 0 Å². The normalized spacial score (nSPS) is 18.4. The summed E-state index contributed by atoms with van der Waals surface area (Å²) in [5, 5.41) is 3.33. The van der Waals surface area contributed by atoms with Gasteiger partial charge in [0.15, 0.2) is 0 Å². The van der Waals surface area contributed by atoms with Gasteiger partial charge in [-0.25, -0.2) is 0 Å². The highest BCUT2D eigenvalue weighted by molar-refractivity contribution is 5.24. The Kier molecular flexibility index (Phi) is 5.83. The van der Waals surface area contributed by atoms with Crippen LogP contribution in [0.25, 0.3) is 0 Å². The molecule has 3 nitrogen and oxygen atoms in total. The van der Waals surface area contributed by atoms with Crippen molar-refractivity contribution in [3.63, 3.8) is 0 Å². The van der Waals surface area contributed by atoms with Crippen LogP contribution in [-0.4, -0.2) is 33.5 Å². The van der Waals surface area contributed by atoms with Gasteiger partial charge in [0.2, 0.25) is 0 Å². The lowest BCUT2D eigenvalue weighted by molar-refractivity contribution is 0.0156. The van der Waals surface area contributed by atoms with Crippen LogP contribution >= 0.6 is 0 Å². The summed E-state index contributed by atoms with van der Waals surface area (Å²) < 4.78 is 11.3. The van der Waals surface area contributed by atoms with E-state index in [1.165, 1.54) is 11.1 Å². The maximum atomic E-state index is 5.89. The monoisotopic (exact) mass is 263 g/mol. The van der Waals surface area contributed by atoms with Crippen molar-refractivity contribution < 1.29 is 9.47 Å². The molecule has 1 aliphatic heterocycles. The average molecular weight is 263 g/mol. The first-order chi connectivity index (χ1) is 9.29. The van der Waals surface area contributed by atoms with Crippen molar-refractivity contribution in [1.29, 1.82) is 0 Å². The molecule has 1 fully saturated rings. The highest BCUT2D eigenvalue weighted by atomic mass is 16.5. The van der Waals surface area contributed by atoms with Crippen molar-refractivity contribution >= 4 is 0 Å². The Hall–Kier alpha value is -0.900. The predicted octanol–water partition coefficient (Wildman–Crippen LogP) is 2.70. The van der Waals surface area contributed by atoms with Crippen molar-refractivity contribution in [3.05, 3.63) is 35.4 Å². The average Bonchev–Trinajstić information content (AvgIpc) is 2.46. The molecule has 0 aliphatic carbocycles. The van der Waals surface area contributed by atoms with Crippen LogP contribution in [0.15, 0.2) is 24.3 Å². The molecule has 3 heteroatoms. The zero-order chi connectivity index (χ0) is 13.5. The molecule has 1 aromatic rings. The van der Waals surface area contributed by atoms with Gasteiger partial charge in [-0.1, -0.05) is 29.8 Å². The molecule has 0 bridgehead atoms. The Balaban J connectivity index is 1.77. The summed E-state index contributed by atoms with van der Waals surface area (Å²) in [6.45, 7) is 5.48. The number of benzene rings is 1. The van der Waals surface area contributed by atoms with Gasteiger partial charge in [0, 0.05) is 19.8 Å². The first kappa shape index (κ1) is 14.5. The third-order valence-corrected chi connectivity index (χ3v) is 3.81. The van der Waals surface area contributed by atoms with E-state index in [0.717, 1.165) is 39.3 Å². The van der Waals surface area contributed by atoms with Crippen molar-refractivity contribution in [2.75, 3.05) is 33.5 Å². The number of rotatable bonds is 6. The van der Waals surface area contributed by atoms with Gasteiger partial charge >= 0.3 is 0 Å². The summed E-state index contributed by atoms with van der Waals surface area (Å²) in [6.07, 6.45) is 2.27. The van der Waals surface area contributed by atoms with Gasteiger partial charge in [-0.2, -0.15) is 0 Å². The molecule has 0 saturated carbocycles. The first-order valence-electron chi connectivity index (χ1n) is 7.19. The van der Waals surface area contributed by atoms with Crippen LogP contribution in [0.2, 0.25) is 0 Å². The van der Waals surface area contributed by atoms with Gasteiger partial charge in [-0.05, 0) is 38.3 Å². The lowest BCUT2D eigenvalue weighted by Gasteiger charge is -2.23. The Morgan fingerprint density at radius 1 is 1.26 bits per heavy atom. The van der Waals surface area contributed by atoms with Gasteiger partial charge in [0.05, 0.1) is 12.6 Å². The van der Waals surface area contributed by atoms with Gasteiger partial charge < -0.3 is 14.8 Å². The fraction of sp³-hybridized carbons (Fsp3) is 0.625. The van der Waals surface area contributed by atoms with Gasteiger partial charge in [0.25, 0.3) is 0 Å². The predicted molar refractivity (Wildman–Crippen MR) is 77.3 cm³/mol. The van der Waals surface area contributed by atoms with Crippen LogP contribution < -0.4 is 5.32 Å². The molecule has 19 heavy (non-hydrogen) atoms. The molecule has 1 unspecified atom stereocenters. The molecule has 1 atom stereocenters. The largest absolute Gasteiger partial charge is 0.381 e. The molecule has 2 rings (SSSR count). The van der Waals surface area contributed by atoms with Gasteiger partial charge in [-0.15, -0.1) is 0 Å². The number of likely N-dealkylation sites (N-methyl/N-ethyl adjacent to an activating group) is 1. The van der Waals surface area contributed by atoms with Crippen LogP contribution in [0.1, 0.15) is 30.0 Å². The van der Waals surface area contributed by atoms with E-state index in [-0.39, 0.29) is 6.04 Å². The van der Waals surface area contributed by atoms with Crippen molar-refractivity contribution in [3.8, 4) is 0 Å². The van der Waals surface area contributed by atoms with E-state index in [1.807, 2.05) is 7.05 Å². The topological polar surface area (TPSA) is 30.5 Å². The molecule has 1 N–H and O–H groups in total. The number of hydrogen-bond acceptors (Lipinski definition) is 3. The van der Waals surface area contributed by atoms with E-state index in [2.05, 4.69) is 36.5 Å². The Labute approximate surface area is 116 Å². The van der Waals surface area contributed by atoms with E-state index in [4.69, 9.17) is 9.47 Å². The second-order valence-corrected chi connectivity index (χ2v) is 5.35. The van der Waals surface area contributed by atoms with E-state index in [9.17, 15) is 0 Å². The van der Waals surface area contributed by atoms with Gasteiger partial charge in [0.1, 0.15) is 0 Å². The van der Waals surface area contributed by atoms with Crippen LogP contribution in [0.3, 0.4) is 0 Å². The summed E-state index contributed by atoms with van der Waals surface area (Å²) in [4.78, 5) is 0. The Bertz CT molecular complexity index is 358. The molecule has 106 valence electrons. The minimum Gasteiger partial charge on any atom is -0.381 e. The highest BCUT2D eigenvalue weighted by Gasteiger charge is 2.15. The van der Waals surface area contributed by atoms with Crippen molar-refractivity contribution in [2.45, 2.75) is 25.8 Å². The minimum atomic E-state index is 0.278. The van der Waals surface area contributed by atoms with E-state index in [0.29, 0.717) is 5.92 Å². The van der Waals surface area contributed by atoms with E-state index in [1.54, 1.807) is 0 Å². The fourth-order valence-electron chi connectivity index (χ4n) is 2.41. The molecular formula is C16H25NO2. The van der Waals surface area contributed by atoms with Crippen LogP contribution in [0.4, 0.5) is 0 Å². The van der Waals surface area contributed by atoms with Crippen molar-refractivity contribution in [1.82, 2.24) is 5.32 Å². The first-order valence-corrected chi connectivity index (χ1v) is 7.19. The molecule has 1 aromatic carbocycles. The molecule has 1 heterocycles. The minimum absolute atomic E-state index is 0.278. The maximum Gasteiger partial charge on any atom is 0.0661 e. The Morgan fingerprint density at radius 2 is 1.95 bits per heavy atom. The fourth-order valence-corrected chi connectivity index (χ4v) is 2.41. The quantitative estimate of drug-likeness (QED) is 0.856. The summed E-state index contributed by atoms with van der Waals surface area (Å²) in [5.74, 6) is 0.671. The van der Waals surface area contributed by atoms with E-state index >= 15 is 0 Å². The second-order valence-electron chi connectivity index (χ2n) is 5.35. The maximum absolute atomic E-state index is 5.89. The number of nitrogens with one attached hydrogen (secondary N) is 1. The number of aryl methyl sites for hydroxylation is 1. The number of ether oxygens (including phenoxy) is 2. The summed E-state index contributed by atoms with van der Waals surface area (Å²) in [7, 11) is 1.99. The summed E-state index contributed by atoms with van der Waals surface area (Å²) >= 11 is 0. The number of hydrogen-bond donors (Lipinski definition) is 1. The zero-order valence-electron chi connectivity index (χ0n) is 12.0. The molecule has 0 aromatic heterocycles. The molecule has 0 amide bonds. The van der Waals surface area contributed by atoms with Gasteiger partial charge in [-0.3, -0.25) is 0 Å². The van der Waals surface area contributed by atoms with E-state index < -0.39 is 0 Å². The van der Waals surface area contributed by atoms with Crippen molar-refractivity contribution in [2.24, 2.45) is 5.92 Å². The standard InChI is InChI=1S/C16H25NO2/c1-13-3-5-15(6-4-13)16(17-2)12-19-11-14-7-9-18-10-8-14/h3-6,14,16-17H,7-12H2,1-2H3. The highest BCUT2D eigenvalue weighted by Crippen LogP contribution is 2.17. The Morgan fingerprint density at radius 3 is 2.58 bits per heavy atom. The summed E-state index contributed by atoms with van der Waals surface area (Å²) in [5.41, 5.74) is 2.59. The molecular weight excluding hydrogens is 238 g/mol. The van der Waals surface area contributed by atoms with Crippen LogP contribution in [0, 0.1) is 12.8 Å². The zero-order valence-corrected chi connectivity index (χ0v) is 12.0. The third kappa shape index (κ3) is 4.60. The molecule has 0 spiro atoms. The lowest BCUT2D eigenvalue weighted by atomic mass is 10.0. The third-order valence-electron chi connectivity index (χ3n) is 3.81. The SMILES string of the molecule is CNC(COCC1CCOCC1)c1ccc(C)cc1. The molecule has 0 radical (unpaired) electrons. The molecule has 1 aliphatic rings. The lowest BCUT2D eigenvalue weighted by Crippen LogP contribution is -2.25. The summed E-state index contributed by atoms with van der Waals surface area (Å²) in [6, 6.07) is 8.93.